The topological polar surface area (TPSA) is 91.4 Å². The monoisotopic (exact) mass is 503 g/mol. The van der Waals surface area contributed by atoms with E-state index in [1.165, 1.54) is 4.90 Å². The Kier molecular flexibility index (Phi) is 4.32. The smallest absolute Gasteiger partial charge is 0.261 e. The zero-order valence-corrected chi connectivity index (χ0v) is 18.1. The van der Waals surface area contributed by atoms with E-state index in [-0.39, 0.29) is 11.8 Å². The predicted molar refractivity (Wildman–Crippen MR) is 115 cm³/mol. The minimum absolute atomic E-state index is 0.230. The van der Waals surface area contributed by atoms with Crippen molar-refractivity contribution in [2.24, 2.45) is 5.92 Å². The van der Waals surface area contributed by atoms with Crippen molar-refractivity contribution in [3.8, 4) is 17.3 Å². The number of ether oxygens (including phenoxy) is 1. The second-order valence-corrected chi connectivity index (χ2v) is 8.65. The fourth-order valence-corrected chi connectivity index (χ4v) is 4.72. The van der Waals surface area contributed by atoms with Crippen LogP contribution in [0.5, 0.6) is 5.88 Å². The van der Waals surface area contributed by atoms with Crippen LogP contribution < -0.4 is 4.74 Å². The Bertz CT molecular complexity index is 1120. The minimum atomic E-state index is -0.237. The van der Waals surface area contributed by atoms with Crippen molar-refractivity contribution in [1.82, 2.24) is 24.8 Å². The Hall–Kier alpha value is -2.53. The number of hydrogen-bond donors (Lipinski definition) is 1. The van der Waals surface area contributed by atoms with Crippen molar-refractivity contribution in [3.05, 3.63) is 39.1 Å². The van der Waals surface area contributed by atoms with Crippen LogP contribution in [0.1, 0.15) is 20.7 Å². The van der Waals surface area contributed by atoms with Crippen molar-refractivity contribution in [1.29, 1.82) is 0 Å². The Labute approximate surface area is 180 Å². The number of amides is 2. The summed E-state index contributed by atoms with van der Waals surface area (Å²) in [6.45, 7) is 2.28. The molecule has 1 N–H and O–H groups in total. The average molecular weight is 503 g/mol. The molecule has 2 amide bonds. The number of H-pyrrole nitrogens is 1. The largest absolute Gasteiger partial charge is 0.480 e. The number of hydrogen-bond acceptors (Lipinski definition) is 6. The predicted octanol–water partition coefficient (Wildman–Crippen LogP) is 2.40. The average Bonchev–Trinajstić information content (AvgIpc) is 3.19. The summed E-state index contributed by atoms with van der Waals surface area (Å²) in [4.78, 5) is 41.4. The number of rotatable bonds is 4. The van der Waals surface area contributed by atoms with Crippen LogP contribution in [0.15, 0.2) is 24.4 Å². The van der Waals surface area contributed by atoms with E-state index in [9.17, 15) is 9.59 Å². The molecule has 2 aliphatic rings. The first-order valence-corrected chi connectivity index (χ1v) is 10.3. The molecule has 1 aromatic carbocycles. The van der Waals surface area contributed by atoms with Gasteiger partial charge in [-0.1, -0.05) is 0 Å². The fraction of sp³-hybridized carbons (Fsp3) is 0.300. The molecule has 3 aromatic rings. The molecule has 5 rings (SSSR count). The maximum absolute atomic E-state index is 12.9. The van der Waals surface area contributed by atoms with Gasteiger partial charge < -0.3 is 14.6 Å². The Morgan fingerprint density at radius 1 is 1.24 bits per heavy atom. The van der Waals surface area contributed by atoms with Gasteiger partial charge in [0, 0.05) is 35.3 Å². The molecule has 0 radical (unpaired) electrons. The SMILES string of the molecule is COc1nccc(I)c1-c1nc2cc3c(cc2[nH]1)C(=O)N(CC1CN(C)C1)C3=O. The first kappa shape index (κ1) is 18.5. The Morgan fingerprint density at radius 2 is 1.97 bits per heavy atom. The van der Waals surface area contributed by atoms with Gasteiger partial charge in [-0.15, -0.1) is 0 Å². The molecule has 29 heavy (non-hydrogen) atoms. The standard InChI is InChI=1S/C20H18IN5O3/c1-25-7-10(8-25)9-26-19(27)11-5-14-15(6-12(11)20(26)28)24-17(23-14)16-13(21)3-4-22-18(16)29-2/h3-6,10H,7-9H2,1-2H3,(H,23,24). The number of fused-ring (bicyclic) bond motifs is 2. The number of benzene rings is 1. The third-order valence-corrected chi connectivity index (χ3v) is 6.35. The normalized spacial score (nSPS) is 17.1. The maximum Gasteiger partial charge on any atom is 0.261 e. The van der Waals surface area contributed by atoms with Crippen LogP contribution in [0.2, 0.25) is 0 Å². The van der Waals surface area contributed by atoms with E-state index in [0.717, 1.165) is 22.2 Å². The minimum Gasteiger partial charge on any atom is -0.480 e. The van der Waals surface area contributed by atoms with Gasteiger partial charge in [-0.2, -0.15) is 0 Å². The van der Waals surface area contributed by atoms with E-state index < -0.39 is 0 Å². The molecule has 9 heteroatoms. The number of carbonyl (C=O) groups excluding carboxylic acids is 2. The van der Waals surface area contributed by atoms with Gasteiger partial charge in [0.15, 0.2) is 0 Å². The first-order valence-electron chi connectivity index (χ1n) is 9.23. The molecular formula is C20H18IN5O3. The molecule has 8 nitrogen and oxygen atoms in total. The third kappa shape index (κ3) is 2.91. The number of imidazole rings is 1. The number of carbonyl (C=O) groups is 2. The van der Waals surface area contributed by atoms with Gasteiger partial charge in [0.05, 0.1) is 34.8 Å². The summed E-state index contributed by atoms with van der Waals surface area (Å²) < 4.78 is 6.31. The Balaban J connectivity index is 1.53. The second-order valence-electron chi connectivity index (χ2n) is 7.49. The summed E-state index contributed by atoms with van der Waals surface area (Å²) in [7, 11) is 3.59. The van der Waals surface area contributed by atoms with E-state index in [0.29, 0.717) is 46.3 Å². The lowest BCUT2D eigenvalue weighted by Crippen LogP contribution is -2.50. The Morgan fingerprint density at radius 3 is 2.66 bits per heavy atom. The molecular weight excluding hydrogens is 485 g/mol. The van der Waals surface area contributed by atoms with Crippen molar-refractivity contribution >= 4 is 45.4 Å². The molecule has 0 unspecified atom stereocenters. The summed E-state index contributed by atoms with van der Waals surface area (Å²) in [5.41, 5.74) is 2.93. The quantitative estimate of drug-likeness (QED) is 0.435. The van der Waals surface area contributed by atoms with Crippen LogP contribution in [-0.4, -0.2) is 70.4 Å². The number of nitrogens with one attached hydrogen (secondary N) is 1. The highest BCUT2D eigenvalue weighted by atomic mass is 127. The molecule has 0 aliphatic carbocycles. The lowest BCUT2D eigenvalue weighted by molar-refractivity contribution is 0.0519. The van der Waals surface area contributed by atoms with Crippen molar-refractivity contribution in [3.63, 3.8) is 0 Å². The molecule has 148 valence electrons. The third-order valence-electron chi connectivity index (χ3n) is 5.45. The number of nitrogens with zero attached hydrogens (tertiary/aromatic N) is 4. The van der Waals surface area contributed by atoms with Gasteiger partial charge in [0.1, 0.15) is 5.82 Å². The molecule has 2 aromatic heterocycles. The fourth-order valence-electron chi connectivity index (χ4n) is 4.07. The summed E-state index contributed by atoms with van der Waals surface area (Å²) in [5, 5.41) is 0. The maximum atomic E-state index is 12.9. The van der Waals surface area contributed by atoms with Gasteiger partial charge in [-0.05, 0) is 47.8 Å². The first-order chi connectivity index (χ1) is 14.0. The highest BCUT2D eigenvalue weighted by molar-refractivity contribution is 14.1. The molecule has 1 saturated heterocycles. The van der Waals surface area contributed by atoms with Crippen LogP contribution in [0.25, 0.3) is 22.4 Å². The molecule has 0 spiro atoms. The summed E-state index contributed by atoms with van der Waals surface area (Å²) in [5.74, 6) is 0.933. The van der Waals surface area contributed by atoms with Gasteiger partial charge in [-0.3, -0.25) is 14.5 Å². The lowest BCUT2D eigenvalue weighted by Gasteiger charge is -2.37. The molecule has 1 fully saturated rings. The van der Waals surface area contributed by atoms with Crippen LogP contribution in [-0.2, 0) is 0 Å². The highest BCUT2D eigenvalue weighted by Crippen LogP contribution is 2.34. The van der Waals surface area contributed by atoms with Crippen LogP contribution in [0.4, 0.5) is 0 Å². The zero-order valence-electron chi connectivity index (χ0n) is 15.9. The van der Waals surface area contributed by atoms with Gasteiger partial charge >= 0.3 is 0 Å². The zero-order chi connectivity index (χ0) is 20.3. The number of methoxy groups -OCH3 is 1. The molecule has 0 bridgehead atoms. The summed E-state index contributed by atoms with van der Waals surface area (Å²) in [6.07, 6.45) is 1.67. The van der Waals surface area contributed by atoms with Crippen molar-refractivity contribution in [2.45, 2.75) is 0 Å². The number of halogens is 1. The van der Waals surface area contributed by atoms with E-state index in [1.807, 2.05) is 13.1 Å². The molecule has 2 aliphatic heterocycles. The molecule has 0 saturated carbocycles. The van der Waals surface area contributed by atoms with E-state index in [2.05, 4.69) is 42.4 Å². The number of pyridine rings is 1. The number of imide groups is 1. The summed E-state index contributed by atoms with van der Waals surface area (Å²) >= 11 is 2.20. The van der Waals surface area contributed by atoms with Crippen LogP contribution in [0, 0.1) is 9.49 Å². The van der Waals surface area contributed by atoms with E-state index in [1.54, 1.807) is 25.4 Å². The summed E-state index contributed by atoms with van der Waals surface area (Å²) in [6, 6.07) is 5.30. The lowest BCUT2D eigenvalue weighted by atomic mass is 10.0. The number of aromatic amines is 1. The van der Waals surface area contributed by atoms with E-state index >= 15 is 0 Å². The van der Waals surface area contributed by atoms with Gasteiger partial charge in [-0.25, -0.2) is 9.97 Å². The van der Waals surface area contributed by atoms with E-state index in [4.69, 9.17) is 4.74 Å². The van der Waals surface area contributed by atoms with Crippen LogP contribution in [0.3, 0.4) is 0 Å². The second kappa shape index (κ2) is 6.77. The van der Waals surface area contributed by atoms with Crippen molar-refractivity contribution < 1.29 is 14.3 Å². The van der Waals surface area contributed by atoms with Gasteiger partial charge in [0.25, 0.3) is 11.8 Å². The number of likely N-dealkylation sites (tertiary alicyclic amines) is 1. The highest BCUT2D eigenvalue weighted by Gasteiger charge is 2.39. The van der Waals surface area contributed by atoms with Gasteiger partial charge in [0.2, 0.25) is 5.88 Å². The van der Waals surface area contributed by atoms with Crippen LogP contribution >= 0.6 is 22.6 Å². The molecule has 4 heterocycles. The van der Waals surface area contributed by atoms with Crippen molar-refractivity contribution in [2.75, 3.05) is 33.8 Å². The molecule has 0 atom stereocenters. The number of aromatic nitrogens is 3.